The Labute approximate surface area is 175 Å². The van der Waals surface area contributed by atoms with E-state index in [1.807, 2.05) is 32.7 Å². The van der Waals surface area contributed by atoms with Gasteiger partial charge in [-0.05, 0) is 45.0 Å². The number of aryl methyl sites for hydroxylation is 1. The second kappa shape index (κ2) is 11.3. The van der Waals surface area contributed by atoms with Gasteiger partial charge in [-0.1, -0.05) is 0 Å². The van der Waals surface area contributed by atoms with Gasteiger partial charge in [0.1, 0.15) is 17.7 Å². The Balaban J connectivity index is 0.00000338. The highest BCUT2D eigenvalue weighted by Crippen LogP contribution is 2.13. The number of aliphatic imine (C=N–C) groups is 1. The molecule has 1 aromatic heterocycles. The van der Waals surface area contributed by atoms with Crippen LogP contribution in [0.15, 0.2) is 34.6 Å². The Morgan fingerprint density at radius 1 is 1.38 bits per heavy atom. The van der Waals surface area contributed by atoms with E-state index in [0.29, 0.717) is 18.8 Å². The van der Waals surface area contributed by atoms with Crippen LogP contribution in [0.3, 0.4) is 0 Å². The number of hydrogen-bond acceptors (Lipinski definition) is 4. The van der Waals surface area contributed by atoms with Gasteiger partial charge in [0, 0.05) is 19.0 Å². The summed E-state index contributed by atoms with van der Waals surface area (Å²) >= 11 is 1.65. The van der Waals surface area contributed by atoms with Crippen LogP contribution in [0.4, 0.5) is 4.39 Å². The van der Waals surface area contributed by atoms with Crippen LogP contribution in [0.2, 0.25) is 0 Å². The van der Waals surface area contributed by atoms with Crippen molar-refractivity contribution in [2.24, 2.45) is 4.99 Å². The van der Waals surface area contributed by atoms with Gasteiger partial charge in [-0.25, -0.2) is 14.4 Å². The molecular weight excluding hydrogens is 466 g/mol. The van der Waals surface area contributed by atoms with Crippen molar-refractivity contribution in [1.82, 2.24) is 15.2 Å². The first-order valence-electron chi connectivity index (χ1n) is 8.30. The number of thiazole rings is 1. The van der Waals surface area contributed by atoms with Crippen molar-refractivity contribution < 1.29 is 9.13 Å². The Kier molecular flexibility index (Phi) is 9.85. The quantitative estimate of drug-likeness (QED) is 0.360. The van der Waals surface area contributed by atoms with E-state index in [1.165, 1.54) is 12.1 Å². The fourth-order valence-electron chi connectivity index (χ4n) is 2.27. The number of halogens is 2. The predicted octanol–water partition coefficient (Wildman–Crippen LogP) is 4.07. The number of rotatable bonds is 7. The summed E-state index contributed by atoms with van der Waals surface area (Å²) in [5.74, 6) is 1.18. The molecule has 1 unspecified atom stereocenters. The fourth-order valence-corrected chi connectivity index (χ4v) is 2.87. The van der Waals surface area contributed by atoms with Gasteiger partial charge in [-0.3, -0.25) is 0 Å². The molecule has 0 fully saturated rings. The van der Waals surface area contributed by atoms with E-state index in [0.717, 1.165) is 23.2 Å². The van der Waals surface area contributed by atoms with Crippen molar-refractivity contribution in [2.45, 2.75) is 33.4 Å². The molecule has 1 atom stereocenters. The van der Waals surface area contributed by atoms with Crippen molar-refractivity contribution in [1.29, 1.82) is 0 Å². The maximum atomic E-state index is 12.9. The molecule has 1 aromatic carbocycles. The summed E-state index contributed by atoms with van der Waals surface area (Å²) in [6.45, 7) is 7.97. The van der Waals surface area contributed by atoms with Gasteiger partial charge in [0.25, 0.3) is 0 Å². The molecule has 0 aliphatic heterocycles. The van der Waals surface area contributed by atoms with E-state index in [2.05, 4.69) is 20.7 Å². The molecule has 0 aliphatic carbocycles. The summed E-state index contributed by atoms with van der Waals surface area (Å²) in [7, 11) is 1.99. The maximum absolute atomic E-state index is 12.9. The lowest BCUT2D eigenvalue weighted by atomic mass is 10.3. The Bertz CT molecular complexity index is 693. The average molecular weight is 492 g/mol. The number of nitrogens with zero attached hydrogens (tertiary/aromatic N) is 3. The van der Waals surface area contributed by atoms with E-state index in [-0.39, 0.29) is 35.9 Å². The first-order chi connectivity index (χ1) is 12.0. The second-order valence-corrected chi connectivity index (χ2v) is 6.85. The first kappa shape index (κ1) is 22.6. The standard InChI is InChI=1S/C18H25FN4OS.HI/c1-5-20-18(23(4)11-16-12-25-14(3)22-16)21-10-13(2)24-17-8-6-15(19)7-9-17;/h6-9,12-13H,5,10-11H2,1-4H3,(H,20,21);1H. The molecular formula is C18H26FIN4OS. The molecule has 0 spiro atoms. The third-order valence-corrected chi connectivity index (χ3v) is 4.23. The number of guanidine groups is 1. The highest BCUT2D eigenvalue weighted by molar-refractivity contribution is 14.0. The van der Waals surface area contributed by atoms with Gasteiger partial charge < -0.3 is 15.0 Å². The lowest BCUT2D eigenvalue weighted by Gasteiger charge is -2.22. The van der Waals surface area contributed by atoms with E-state index in [4.69, 9.17) is 4.74 Å². The van der Waals surface area contributed by atoms with E-state index < -0.39 is 0 Å². The molecule has 5 nitrogen and oxygen atoms in total. The number of benzene rings is 1. The minimum absolute atomic E-state index is 0. The van der Waals surface area contributed by atoms with Gasteiger partial charge in [0.05, 0.1) is 23.8 Å². The normalized spacial score (nSPS) is 12.3. The van der Waals surface area contributed by atoms with Crippen LogP contribution in [-0.2, 0) is 6.54 Å². The van der Waals surface area contributed by atoms with Crippen LogP contribution in [0.1, 0.15) is 24.5 Å². The molecule has 0 radical (unpaired) electrons. The van der Waals surface area contributed by atoms with E-state index in [1.54, 1.807) is 23.5 Å². The smallest absolute Gasteiger partial charge is 0.194 e. The van der Waals surface area contributed by atoms with Crippen LogP contribution in [0, 0.1) is 12.7 Å². The molecule has 0 amide bonds. The number of ether oxygens (including phenoxy) is 1. The van der Waals surface area contributed by atoms with Gasteiger partial charge in [-0.2, -0.15) is 0 Å². The zero-order valence-electron chi connectivity index (χ0n) is 15.5. The molecule has 0 aliphatic rings. The number of aromatic nitrogens is 1. The zero-order chi connectivity index (χ0) is 18.2. The SMILES string of the molecule is CCNC(=NCC(C)Oc1ccc(F)cc1)N(C)Cc1csc(C)n1.I. The Morgan fingerprint density at radius 3 is 2.65 bits per heavy atom. The van der Waals surface area contributed by atoms with Crippen LogP contribution >= 0.6 is 35.3 Å². The molecule has 2 rings (SSSR count). The molecule has 0 saturated heterocycles. The Hall–Kier alpha value is -1.42. The third kappa shape index (κ3) is 7.45. The topological polar surface area (TPSA) is 49.8 Å². The summed E-state index contributed by atoms with van der Waals surface area (Å²) in [4.78, 5) is 11.2. The monoisotopic (exact) mass is 492 g/mol. The summed E-state index contributed by atoms with van der Waals surface area (Å²) in [6, 6.07) is 6.02. The van der Waals surface area contributed by atoms with Crippen LogP contribution in [0.25, 0.3) is 0 Å². The first-order valence-corrected chi connectivity index (χ1v) is 9.18. The molecule has 8 heteroatoms. The molecule has 144 valence electrons. The van der Waals surface area contributed by atoms with Crippen molar-refractivity contribution in [3.05, 3.63) is 46.2 Å². The molecule has 0 saturated carbocycles. The largest absolute Gasteiger partial charge is 0.489 e. The second-order valence-electron chi connectivity index (χ2n) is 5.79. The fraction of sp³-hybridized carbons (Fsp3) is 0.444. The molecule has 1 N–H and O–H groups in total. The minimum Gasteiger partial charge on any atom is -0.489 e. The van der Waals surface area contributed by atoms with Gasteiger partial charge in [-0.15, -0.1) is 35.3 Å². The van der Waals surface area contributed by atoms with Crippen molar-refractivity contribution in [3.63, 3.8) is 0 Å². The van der Waals surface area contributed by atoms with Gasteiger partial charge in [0.15, 0.2) is 5.96 Å². The van der Waals surface area contributed by atoms with Crippen LogP contribution in [0.5, 0.6) is 5.75 Å². The third-order valence-electron chi connectivity index (χ3n) is 3.41. The number of hydrogen-bond donors (Lipinski definition) is 1. The molecule has 0 bridgehead atoms. The maximum Gasteiger partial charge on any atom is 0.194 e. The van der Waals surface area contributed by atoms with E-state index >= 15 is 0 Å². The predicted molar refractivity (Wildman–Crippen MR) is 116 cm³/mol. The van der Waals surface area contributed by atoms with Crippen molar-refractivity contribution in [3.8, 4) is 5.75 Å². The summed E-state index contributed by atoms with van der Waals surface area (Å²) in [5.41, 5.74) is 1.03. The Morgan fingerprint density at radius 2 is 2.08 bits per heavy atom. The lowest BCUT2D eigenvalue weighted by Crippen LogP contribution is -2.39. The zero-order valence-corrected chi connectivity index (χ0v) is 18.7. The summed E-state index contributed by atoms with van der Waals surface area (Å²) in [5, 5.41) is 6.41. The number of nitrogens with one attached hydrogen (secondary N) is 1. The lowest BCUT2D eigenvalue weighted by molar-refractivity contribution is 0.229. The van der Waals surface area contributed by atoms with Gasteiger partial charge >= 0.3 is 0 Å². The van der Waals surface area contributed by atoms with Crippen molar-refractivity contribution in [2.75, 3.05) is 20.1 Å². The molecule has 2 aromatic rings. The minimum atomic E-state index is -0.272. The van der Waals surface area contributed by atoms with Gasteiger partial charge in [0.2, 0.25) is 0 Å². The average Bonchev–Trinajstić information content (AvgIpc) is 2.98. The highest BCUT2D eigenvalue weighted by Gasteiger charge is 2.10. The molecule has 1 heterocycles. The molecule has 26 heavy (non-hydrogen) atoms. The highest BCUT2D eigenvalue weighted by atomic mass is 127. The summed E-state index contributed by atoms with van der Waals surface area (Å²) in [6.07, 6.45) is -0.117. The van der Waals surface area contributed by atoms with E-state index in [9.17, 15) is 4.39 Å². The van der Waals surface area contributed by atoms with Crippen LogP contribution < -0.4 is 10.1 Å². The van der Waals surface area contributed by atoms with Crippen LogP contribution in [-0.4, -0.2) is 42.1 Å². The summed E-state index contributed by atoms with van der Waals surface area (Å²) < 4.78 is 18.7. The van der Waals surface area contributed by atoms with Crippen molar-refractivity contribution >= 4 is 41.3 Å².